The summed E-state index contributed by atoms with van der Waals surface area (Å²) in [4.78, 5) is 2.56. The second-order valence-corrected chi connectivity index (χ2v) is 10.7. The predicted molar refractivity (Wildman–Crippen MR) is 102 cm³/mol. The average Bonchev–Trinajstić information content (AvgIpc) is 3.10. The summed E-state index contributed by atoms with van der Waals surface area (Å²) in [5.41, 5.74) is 0. The first-order valence-electron chi connectivity index (χ1n) is 8.73. The third kappa shape index (κ3) is 3.39. The number of rotatable bonds is 5. The van der Waals surface area contributed by atoms with Crippen LogP contribution in [0.4, 0.5) is 0 Å². The molecule has 0 bridgehead atoms. The minimum atomic E-state index is -1.64. The smallest absolute Gasteiger partial charge is 0.0863 e. The highest BCUT2D eigenvalue weighted by Crippen LogP contribution is 2.71. The van der Waals surface area contributed by atoms with E-state index in [4.69, 9.17) is 8.92 Å². The van der Waals surface area contributed by atoms with Crippen molar-refractivity contribution in [1.82, 2.24) is 0 Å². The van der Waals surface area contributed by atoms with Gasteiger partial charge in [-0.2, -0.15) is 0 Å². The van der Waals surface area contributed by atoms with E-state index in [1.54, 1.807) is 0 Å². The number of ether oxygens (including phenoxy) is 1. The van der Waals surface area contributed by atoms with Crippen LogP contribution in [0.1, 0.15) is 33.6 Å². The van der Waals surface area contributed by atoms with Crippen molar-refractivity contribution in [3.8, 4) is 0 Å². The molecule has 3 rings (SSSR count). The van der Waals surface area contributed by atoms with E-state index >= 15 is 0 Å². The molecule has 0 aliphatic carbocycles. The van der Waals surface area contributed by atoms with E-state index in [1.165, 1.54) is 9.79 Å². The Balaban J connectivity index is 2.06. The van der Waals surface area contributed by atoms with E-state index in [1.807, 2.05) is 0 Å². The molecule has 3 heteroatoms. The summed E-state index contributed by atoms with van der Waals surface area (Å²) < 4.78 is 12.6. The molecule has 1 fully saturated rings. The topological polar surface area (TPSA) is 18.5 Å². The van der Waals surface area contributed by atoms with Gasteiger partial charge in [0.2, 0.25) is 0 Å². The summed E-state index contributed by atoms with van der Waals surface area (Å²) in [7, 11) is -1.64. The minimum absolute atomic E-state index is 0.0195. The molecular weight excluding hydrogens is 316 g/mol. The van der Waals surface area contributed by atoms with Crippen molar-refractivity contribution >= 4 is 10.3 Å². The fourth-order valence-corrected chi connectivity index (χ4v) is 7.08. The normalized spacial score (nSPS) is 19.4. The van der Waals surface area contributed by atoms with E-state index in [9.17, 15) is 0 Å². The molecule has 1 atom stereocenters. The van der Waals surface area contributed by atoms with Gasteiger partial charge in [0.25, 0.3) is 0 Å². The Bertz CT molecular complexity index is 588. The Labute approximate surface area is 147 Å². The first kappa shape index (κ1) is 17.5. The zero-order chi connectivity index (χ0) is 17.0. The SMILES string of the molecule is CC(C)(C)S(OC[C@@H]1CCCO1)(c1ccccc1)c1ccccc1. The van der Waals surface area contributed by atoms with Gasteiger partial charge in [0.05, 0.1) is 12.7 Å². The molecule has 1 heterocycles. The van der Waals surface area contributed by atoms with Crippen LogP contribution in [0, 0.1) is 0 Å². The average molecular weight is 345 g/mol. The number of hydrogen-bond acceptors (Lipinski definition) is 2. The lowest BCUT2D eigenvalue weighted by Crippen LogP contribution is -2.30. The van der Waals surface area contributed by atoms with Crippen molar-refractivity contribution in [2.24, 2.45) is 0 Å². The lowest BCUT2D eigenvalue weighted by Gasteiger charge is -2.50. The van der Waals surface area contributed by atoms with Gasteiger partial charge in [-0.15, -0.1) is 0 Å². The van der Waals surface area contributed by atoms with Crippen molar-refractivity contribution < 1.29 is 8.92 Å². The highest BCUT2D eigenvalue weighted by Gasteiger charge is 2.42. The number of benzene rings is 2. The first-order chi connectivity index (χ1) is 11.5. The Morgan fingerprint density at radius 3 is 1.92 bits per heavy atom. The molecule has 1 aliphatic heterocycles. The summed E-state index contributed by atoms with van der Waals surface area (Å²) in [6.07, 6.45) is 2.47. The second-order valence-electron chi connectivity index (χ2n) is 7.21. The third-order valence-corrected chi connectivity index (χ3v) is 8.55. The van der Waals surface area contributed by atoms with E-state index in [0.717, 1.165) is 19.4 Å². The summed E-state index contributed by atoms with van der Waals surface area (Å²) in [6, 6.07) is 21.4. The maximum atomic E-state index is 6.81. The zero-order valence-corrected chi connectivity index (χ0v) is 15.7. The molecule has 2 nitrogen and oxygen atoms in total. The first-order valence-corrected chi connectivity index (χ1v) is 10.3. The van der Waals surface area contributed by atoms with Gasteiger partial charge in [0.1, 0.15) is 0 Å². The molecule has 130 valence electrons. The van der Waals surface area contributed by atoms with Crippen LogP contribution in [-0.4, -0.2) is 24.1 Å². The van der Waals surface area contributed by atoms with Crippen LogP contribution < -0.4 is 0 Å². The molecule has 0 unspecified atom stereocenters. The largest absolute Gasteiger partial charge is 0.376 e. The third-order valence-electron chi connectivity index (χ3n) is 4.47. The van der Waals surface area contributed by atoms with Crippen LogP contribution in [0.2, 0.25) is 0 Å². The minimum Gasteiger partial charge on any atom is -0.376 e. The van der Waals surface area contributed by atoms with Crippen LogP contribution in [0.15, 0.2) is 70.5 Å². The van der Waals surface area contributed by atoms with E-state index in [2.05, 4.69) is 81.4 Å². The lowest BCUT2D eigenvalue weighted by atomic mass is 10.2. The highest BCUT2D eigenvalue weighted by atomic mass is 32.3. The highest BCUT2D eigenvalue weighted by molar-refractivity contribution is 8.31. The van der Waals surface area contributed by atoms with Gasteiger partial charge in [-0.1, -0.05) is 46.7 Å². The second kappa shape index (κ2) is 7.30. The van der Waals surface area contributed by atoms with Crippen molar-refractivity contribution in [2.75, 3.05) is 13.2 Å². The van der Waals surface area contributed by atoms with Crippen LogP contribution in [0.5, 0.6) is 0 Å². The molecule has 0 radical (unpaired) electrons. The van der Waals surface area contributed by atoms with Gasteiger partial charge in [-0.05, 0) is 57.9 Å². The van der Waals surface area contributed by atoms with Crippen LogP contribution in [-0.2, 0) is 8.92 Å². The molecule has 0 N–H and O–H groups in total. The van der Waals surface area contributed by atoms with E-state index < -0.39 is 10.3 Å². The molecule has 1 aliphatic rings. The van der Waals surface area contributed by atoms with Gasteiger partial charge in [0, 0.05) is 21.1 Å². The summed E-state index contributed by atoms with van der Waals surface area (Å²) in [6.45, 7) is 8.40. The van der Waals surface area contributed by atoms with Gasteiger partial charge in [0.15, 0.2) is 0 Å². The van der Waals surface area contributed by atoms with Gasteiger partial charge in [-0.3, -0.25) is 0 Å². The van der Waals surface area contributed by atoms with Gasteiger partial charge in [-0.25, -0.2) is 0 Å². The molecule has 2 aromatic rings. The monoisotopic (exact) mass is 344 g/mol. The van der Waals surface area contributed by atoms with Gasteiger partial charge < -0.3 is 8.92 Å². The summed E-state index contributed by atoms with van der Waals surface area (Å²) in [5.74, 6) is 0. The quantitative estimate of drug-likeness (QED) is 0.680. The standard InChI is InChI=1S/C21H28O2S/c1-21(2,3)24(19-12-6-4-7-13-19,20-14-8-5-9-15-20)23-17-18-11-10-16-22-18/h4-9,12-15,18H,10-11,16-17H2,1-3H3/t18-/m0/s1. The lowest BCUT2D eigenvalue weighted by molar-refractivity contribution is 0.0719. The van der Waals surface area contributed by atoms with E-state index in [0.29, 0.717) is 6.61 Å². The summed E-state index contributed by atoms with van der Waals surface area (Å²) >= 11 is 0. The van der Waals surface area contributed by atoms with Crippen molar-refractivity contribution in [3.05, 3.63) is 60.7 Å². The zero-order valence-electron chi connectivity index (χ0n) is 14.9. The molecule has 0 aromatic heterocycles. The fourth-order valence-electron chi connectivity index (χ4n) is 3.33. The molecule has 1 saturated heterocycles. The van der Waals surface area contributed by atoms with E-state index in [-0.39, 0.29) is 10.9 Å². The maximum absolute atomic E-state index is 6.81. The molecule has 24 heavy (non-hydrogen) atoms. The molecule has 2 aromatic carbocycles. The van der Waals surface area contributed by atoms with Gasteiger partial charge >= 0.3 is 0 Å². The Hall–Kier alpha value is -1.29. The summed E-state index contributed by atoms with van der Waals surface area (Å²) in [5, 5.41) is 0. The molecule has 0 saturated carbocycles. The predicted octanol–water partition coefficient (Wildman–Crippen LogP) is 5.82. The van der Waals surface area contributed by atoms with Crippen LogP contribution >= 0.6 is 10.3 Å². The Morgan fingerprint density at radius 1 is 0.958 bits per heavy atom. The fraction of sp³-hybridized carbons (Fsp3) is 0.429. The number of hydrogen-bond donors (Lipinski definition) is 0. The van der Waals surface area contributed by atoms with Crippen molar-refractivity contribution in [3.63, 3.8) is 0 Å². The molecule has 0 spiro atoms. The van der Waals surface area contributed by atoms with Crippen molar-refractivity contribution in [2.45, 2.75) is 54.3 Å². The Morgan fingerprint density at radius 2 is 1.50 bits per heavy atom. The molecular formula is C21H28O2S. The van der Waals surface area contributed by atoms with Crippen molar-refractivity contribution in [1.29, 1.82) is 0 Å². The van der Waals surface area contributed by atoms with Crippen LogP contribution in [0.3, 0.4) is 0 Å². The molecule has 0 amide bonds. The maximum Gasteiger partial charge on any atom is 0.0863 e. The van der Waals surface area contributed by atoms with Crippen LogP contribution in [0.25, 0.3) is 0 Å². The Kier molecular flexibility index (Phi) is 5.33.